The molecule has 0 saturated carbocycles. The van der Waals surface area contributed by atoms with E-state index in [2.05, 4.69) is 44.9 Å². The van der Waals surface area contributed by atoms with Gasteiger partial charge in [-0.05, 0) is 44.2 Å². The summed E-state index contributed by atoms with van der Waals surface area (Å²) in [5.74, 6) is 8.36. The predicted molar refractivity (Wildman–Crippen MR) is 68.7 cm³/mol. The maximum absolute atomic E-state index is 3.52. The van der Waals surface area contributed by atoms with Crippen LogP contribution in [0.25, 0.3) is 0 Å². The second kappa shape index (κ2) is 8.80. The Labute approximate surface area is 96.0 Å². The molecule has 2 atom stereocenters. The molecule has 0 fully saturated rings. The van der Waals surface area contributed by atoms with Gasteiger partial charge in [0.1, 0.15) is 0 Å². The summed E-state index contributed by atoms with van der Waals surface area (Å²) in [4.78, 5) is 0. The highest BCUT2D eigenvalue weighted by molar-refractivity contribution is 4.95. The summed E-state index contributed by atoms with van der Waals surface area (Å²) < 4.78 is 0. The monoisotopic (exact) mass is 209 g/mol. The molecule has 1 heteroatoms. The van der Waals surface area contributed by atoms with Crippen LogP contribution in [0.3, 0.4) is 0 Å². The lowest BCUT2D eigenvalue weighted by atomic mass is 9.91. The fraction of sp³-hybridized carbons (Fsp3) is 0.857. The van der Waals surface area contributed by atoms with Crippen LogP contribution in [0.2, 0.25) is 0 Å². The summed E-state index contributed by atoms with van der Waals surface area (Å²) in [5, 5.41) is 3.52. The molecular weight excluding hydrogens is 182 g/mol. The van der Waals surface area contributed by atoms with Gasteiger partial charge in [0.05, 0.1) is 0 Å². The van der Waals surface area contributed by atoms with Gasteiger partial charge in [-0.15, -0.1) is 11.8 Å². The first-order valence-corrected chi connectivity index (χ1v) is 6.18. The predicted octanol–water partition coefficient (Wildman–Crippen LogP) is 3.31. The minimum absolute atomic E-state index is 0.749. The summed E-state index contributed by atoms with van der Waals surface area (Å²) in [6, 6.07) is 0. The largest absolute Gasteiger partial charge is 0.316 e. The molecular formula is C14H27N. The van der Waals surface area contributed by atoms with Crippen molar-refractivity contribution in [2.75, 3.05) is 13.1 Å². The molecule has 0 aromatic heterocycles. The van der Waals surface area contributed by atoms with Gasteiger partial charge >= 0.3 is 0 Å². The highest BCUT2D eigenvalue weighted by atomic mass is 14.9. The summed E-state index contributed by atoms with van der Waals surface area (Å²) in [6.07, 6.45) is 2.28. The average Bonchev–Trinajstić information content (AvgIpc) is 2.17. The first kappa shape index (κ1) is 14.5. The Hall–Kier alpha value is -0.480. The Kier molecular flexibility index (Phi) is 8.52. The lowest BCUT2D eigenvalue weighted by molar-refractivity contribution is 0.344. The van der Waals surface area contributed by atoms with Gasteiger partial charge in [0.2, 0.25) is 0 Å². The second-order valence-corrected chi connectivity index (χ2v) is 4.97. The van der Waals surface area contributed by atoms with Crippen molar-refractivity contribution in [3.05, 3.63) is 0 Å². The molecule has 0 aromatic carbocycles. The zero-order valence-electron chi connectivity index (χ0n) is 11.1. The molecule has 0 aromatic rings. The Morgan fingerprint density at radius 1 is 1.00 bits per heavy atom. The van der Waals surface area contributed by atoms with E-state index in [0.717, 1.165) is 37.3 Å². The van der Waals surface area contributed by atoms with Gasteiger partial charge in [0.15, 0.2) is 0 Å². The number of rotatable bonds is 7. The van der Waals surface area contributed by atoms with Crippen molar-refractivity contribution in [1.29, 1.82) is 0 Å². The molecule has 15 heavy (non-hydrogen) atoms. The van der Waals surface area contributed by atoms with Crippen molar-refractivity contribution in [1.82, 2.24) is 5.32 Å². The van der Waals surface area contributed by atoms with E-state index in [1.165, 1.54) is 6.42 Å². The van der Waals surface area contributed by atoms with Crippen LogP contribution in [0.4, 0.5) is 0 Å². The average molecular weight is 209 g/mol. The Morgan fingerprint density at radius 3 is 2.20 bits per heavy atom. The highest BCUT2D eigenvalue weighted by Crippen LogP contribution is 2.15. The number of hydrogen-bond donors (Lipinski definition) is 1. The van der Waals surface area contributed by atoms with Crippen LogP contribution in [-0.2, 0) is 0 Å². The molecule has 0 aliphatic rings. The van der Waals surface area contributed by atoms with E-state index in [4.69, 9.17) is 0 Å². The van der Waals surface area contributed by atoms with Gasteiger partial charge in [-0.25, -0.2) is 0 Å². The van der Waals surface area contributed by atoms with Crippen LogP contribution in [0, 0.1) is 29.6 Å². The molecule has 1 nitrogen and oxygen atoms in total. The molecule has 0 amide bonds. The van der Waals surface area contributed by atoms with Gasteiger partial charge < -0.3 is 5.32 Å². The van der Waals surface area contributed by atoms with E-state index in [0.29, 0.717) is 0 Å². The van der Waals surface area contributed by atoms with Crippen LogP contribution >= 0.6 is 0 Å². The standard InChI is InChI=1S/C14H27N/c1-6-7-8-9-13(4)14(5)11-15-10-12(2)3/h12-15H,8-11H2,1-5H3. The van der Waals surface area contributed by atoms with Crippen LogP contribution in [0.1, 0.15) is 47.5 Å². The lowest BCUT2D eigenvalue weighted by Crippen LogP contribution is -2.28. The van der Waals surface area contributed by atoms with E-state index in [-0.39, 0.29) is 0 Å². The topological polar surface area (TPSA) is 12.0 Å². The maximum Gasteiger partial charge on any atom is 0.00912 e. The Bertz CT molecular complexity index is 197. The Morgan fingerprint density at radius 2 is 1.67 bits per heavy atom. The molecule has 0 aliphatic heterocycles. The number of hydrogen-bond acceptors (Lipinski definition) is 1. The minimum Gasteiger partial charge on any atom is -0.316 e. The third kappa shape index (κ3) is 8.51. The summed E-state index contributed by atoms with van der Waals surface area (Å²) in [5.41, 5.74) is 0. The first-order valence-electron chi connectivity index (χ1n) is 6.18. The van der Waals surface area contributed by atoms with Gasteiger partial charge in [0, 0.05) is 6.42 Å². The van der Waals surface area contributed by atoms with Crippen LogP contribution in [0.5, 0.6) is 0 Å². The van der Waals surface area contributed by atoms with E-state index in [1.807, 2.05) is 6.92 Å². The molecule has 0 rings (SSSR count). The quantitative estimate of drug-likeness (QED) is 0.634. The molecule has 1 N–H and O–H groups in total. The second-order valence-electron chi connectivity index (χ2n) is 4.97. The van der Waals surface area contributed by atoms with Gasteiger partial charge in [0.25, 0.3) is 0 Å². The molecule has 88 valence electrons. The van der Waals surface area contributed by atoms with Crippen LogP contribution < -0.4 is 5.32 Å². The molecule has 0 radical (unpaired) electrons. The molecule has 0 saturated heterocycles. The van der Waals surface area contributed by atoms with Crippen molar-refractivity contribution in [3.8, 4) is 11.8 Å². The maximum atomic E-state index is 3.52. The minimum atomic E-state index is 0.749. The molecule has 0 spiro atoms. The zero-order valence-corrected chi connectivity index (χ0v) is 11.1. The molecule has 0 bridgehead atoms. The zero-order chi connectivity index (χ0) is 11.7. The van der Waals surface area contributed by atoms with Gasteiger partial charge in [-0.3, -0.25) is 0 Å². The summed E-state index contributed by atoms with van der Waals surface area (Å²) >= 11 is 0. The van der Waals surface area contributed by atoms with Crippen molar-refractivity contribution >= 4 is 0 Å². The van der Waals surface area contributed by atoms with E-state index >= 15 is 0 Å². The Balaban J connectivity index is 3.57. The first-order chi connectivity index (χ1) is 7.07. The lowest BCUT2D eigenvalue weighted by Gasteiger charge is -2.20. The van der Waals surface area contributed by atoms with Crippen molar-refractivity contribution in [2.45, 2.75) is 47.5 Å². The van der Waals surface area contributed by atoms with Crippen molar-refractivity contribution in [2.24, 2.45) is 17.8 Å². The normalized spacial score (nSPS) is 14.5. The summed E-state index contributed by atoms with van der Waals surface area (Å²) in [7, 11) is 0. The third-order valence-electron chi connectivity index (χ3n) is 2.89. The molecule has 0 heterocycles. The summed E-state index contributed by atoms with van der Waals surface area (Å²) in [6.45, 7) is 13.3. The third-order valence-corrected chi connectivity index (χ3v) is 2.89. The van der Waals surface area contributed by atoms with Crippen LogP contribution in [0.15, 0.2) is 0 Å². The van der Waals surface area contributed by atoms with E-state index in [9.17, 15) is 0 Å². The molecule has 0 aliphatic carbocycles. The van der Waals surface area contributed by atoms with Gasteiger partial charge in [-0.1, -0.05) is 27.7 Å². The fourth-order valence-electron chi connectivity index (χ4n) is 1.51. The number of nitrogens with one attached hydrogen (secondary N) is 1. The van der Waals surface area contributed by atoms with Gasteiger partial charge in [-0.2, -0.15) is 0 Å². The van der Waals surface area contributed by atoms with E-state index < -0.39 is 0 Å². The fourth-order valence-corrected chi connectivity index (χ4v) is 1.51. The smallest absolute Gasteiger partial charge is 0.00912 e. The SMILES string of the molecule is CC#CCCC(C)C(C)CNCC(C)C. The van der Waals surface area contributed by atoms with E-state index in [1.54, 1.807) is 0 Å². The molecule has 2 unspecified atom stereocenters. The highest BCUT2D eigenvalue weighted by Gasteiger charge is 2.10. The van der Waals surface area contributed by atoms with Crippen LogP contribution in [-0.4, -0.2) is 13.1 Å². The van der Waals surface area contributed by atoms with Crippen molar-refractivity contribution < 1.29 is 0 Å². The van der Waals surface area contributed by atoms with Crippen molar-refractivity contribution in [3.63, 3.8) is 0 Å².